The molecule has 212 valence electrons. The van der Waals surface area contributed by atoms with Crippen LogP contribution in [0.5, 0.6) is 0 Å². The molecule has 0 amide bonds. The van der Waals surface area contributed by atoms with Gasteiger partial charge >= 0.3 is 0 Å². The van der Waals surface area contributed by atoms with E-state index < -0.39 is 10.0 Å². The molecule has 1 fully saturated rings. The van der Waals surface area contributed by atoms with Gasteiger partial charge in [0.1, 0.15) is 5.82 Å². The van der Waals surface area contributed by atoms with Crippen molar-refractivity contribution in [2.24, 2.45) is 0 Å². The minimum absolute atomic E-state index is 0.0676. The summed E-state index contributed by atoms with van der Waals surface area (Å²) in [6, 6.07) is 15.6. The van der Waals surface area contributed by atoms with Gasteiger partial charge in [0.15, 0.2) is 5.03 Å². The molecular formula is C32H40N4O3S. The van der Waals surface area contributed by atoms with E-state index in [0.717, 1.165) is 38.1 Å². The van der Waals surface area contributed by atoms with Crippen molar-refractivity contribution in [2.75, 3.05) is 33.4 Å². The number of methoxy groups -OCH3 is 1. The minimum atomic E-state index is -3.70. The van der Waals surface area contributed by atoms with Crippen molar-refractivity contribution in [3.8, 4) is 11.1 Å². The molecule has 4 heterocycles. The quantitative estimate of drug-likeness (QED) is 0.400. The lowest BCUT2D eigenvalue weighted by molar-refractivity contribution is -0.0508. The fourth-order valence-electron chi connectivity index (χ4n) is 6.84. The number of hydrogen-bond acceptors (Lipinski definition) is 5. The van der Waals surface area contributed by atoms with Crippen LogP contribution in [-0.2, 0) is 27.7 Å². The first kappa shape index (κ1) is 27.4. The van der Waals surface area contributed by atoms with Crippen LogP contribution in [0.2, 0.25) is 0 Å². The largest absolute Gasteiger partial charge is 0.383 e. The standard InChI is InChI=1S/C32H40N4O3S/c1-23-10-9-11-27(24(23)2)25-13-15-26(16-14-25)32-28-21-34(17-7-8-18-35(28)29(32)22-39-3)40(37,38)31-20-33-30-12-5-4-6-19-36(30)31/h7-11,13-16,20,28-29,32H,4-6,12,17-19,21-22H2,1-3H3/b8-7-/t28-,29+,32-/m0/s1. The van der Waals surface area contributed by atoms with E-state index in [2.05, 4.69) is 72.3 Å². The Labute approximate surface area is 238 Å². The van der Waals surface area contributed by atoms with Gasteiger partial charge in [-0.1, -0.05) is 61.0 Å². The Morgan fingerprint density at radius 3 is 2.60 bits per heavy atom. The SMILES string of the molecule is COC[C@@H]1[C@@H](c2ccc(-c3cccc(C)c3C)cc2)[C@@H]2CN(S(=O)(=O)c3cnc4n3CCCCC4)C/C=C\CN12. The lowest BCUT2D eigenvalue weighted by Crippen LogP contribution is -2.67. The molecule has 3 atom stereocenters. The normalized spacial score (nSPS) is 24.7. The number of aryl methyl sites for hydroxylation is 2. The number of hydrogen-bond donors (Lipinski definition) is 0. The highest BCUT2D eigenvalue weighted by atomic mass is 32.2. The molecule has 0 N–H and O–H groups in total. The summed E-state index contributed by atoms with van der Waals surface area (Å²) in [5.74, 6) is 1.07. The van der Waals surface area contributed by atoms with Crippen LogP contribution in [0.15, 0.2) is 65.8 Å². The maximum atomic E-state index is 14.1. The number of rotatable bonds is 6. The topological polar surface area (TPSA) is 67.7 Å². The first-order chi connectivity index (χ1) is 19.4. The molecule has 0 radical (unpaired) electrons. The summed E-state index contributed by atoms with van der Waals surface area (Å²) in [5, 5.41) is 0.340. The van der Waals surface area contributed by atoms with Gasteiger partial charge in [0, 0.05) is 57.7 Å². The molecule has 2 aromatic carbocycles. The third-order valence-corrected chi connectivity index (χ3v) is 11.0. The average Bonchev–Trinajstić information content (AvgIpc) is 3.21. The van der Waals surface area contributed by atoms with Crippen molar-refractivity contribution < 1.29 is 13.2 Å². The third kappa shape index (κ3) is 4.85. The molecular weight excluding hydrogens is 520 g/mol. The monoisotopic (exact) mass is 560 g/mol. The van der Waals surface area contributed by atoms with Crippen LogP contribution in [-0.4, -0.2) is 72.6 Å². The number of imidazole rings is 1. The molecule has 0 spiro atoms. The van der Waals surface area contributed by atoms with Crippen LogP contribution in [0, 0.1) is 13.8 Å². The minimum Gasteiger partial charge on any atom is -0.383 e. The van der Waals surface area contributed by atoms with Gasteiger partial charge in [0.2, 0.25) is 0 Å². The molecule has 0 bridgehead atoms. The summed E-state index contributed by atoms with van der Waals surface area (Å²) in [5.41, 5.74) is 6.28. The van der Waals surface area contributed by atoms with Crippen LogP contribution < -0.4 is 0 Å². The van der Waals surface area contributed by atoms with Gasteiger partial charge in [0.25, 0.3) is 10.0 Å². The van der Waals surface area contributed by atoms with Crippen molar-refractivity contribution >= 4 is 10.0 Å². The summed E-state index contributed by atoms with van der Waals surface area (Å²) < 4.78 is 37.4. The molecule has 3 aliphatic heterocycles. The van der Waals surface area contributed by atoms with Gasteiger partial charge in [-0.3, -0.25) is 4.90 Å². The fraction of sp³-hybridized carbons (Fsp3) is 0.469. The molecule has 8 heteroatoms. The highest BCUT2D eigenvalue weighted by Crippen LogP contribution is 2.43. The van der Waals surface area contributed by atoms with E-state index in [1.165, 1.54) is 27.8 Å². The second-order valence-corrected chi connectivity index (χ2v) is 13.3. The zero-order chi connectivity index (χ0) is 27.9. The predicted molar refractivity (Wildman–Crippen MR) is 158 cm³/mol. The molecule has 40 heavy (non-hydrogen) atoms. The molecule has 1 aromatic heterocycles. The smallest absolute Gasteiger partial charge is 0.260 e. The second-order valence-electron chi connectivity index (χ2n) is 11.5. The predicted octanol–water partition coefficient (Wildman–Crippen LogP) is 4.94. The molecule has 0 unspecified atom stereocenters. The van der Waals surface area contributed by atoms with Crippen LogP contribution in [0.25, 0.3) is 11.1 Å². The molecule has 0 saturated carbocycles. The number of sulfonamides is 1. The van der Waals surface area contributed by atoms with Gasteiger partial charge in [-0.15, -0.1) is 0 Å². The zero-order valence-electron chi connectivity index (χ0n) is 23.8. The van der Waals surface area contributed by atoms with Gasteiger partial charge in [-0.05, 0) is 54.5 Å². The van der Waals surface area contributed by atoms with Crippen molar-refractivity contribution in [1.82, 2.24) is 18.8 Å². The van der Waals surface area contributed by atoms with E-state index in [0.29, 0.717) is 31.3 Å². The Morgan fingerprint density at radius 1 is 1.00 bits per heavy atom. The number of benzene rings is 2. The Balaban J connectivity index is 1.30. The van der Waals surface area contributed by atoms with Gasteiger partial charge in [-0.2, -0.15) is 4.31 Å². The Bertz CT molecular complexity index is 1490. The number of aromatic nitrogens is 2. The number of fused-ring (bicyclic) bond motifs is 2. The van der Waals surface area contributed by atoms with E-state index >= 15 is 0 Å². The summed E-state index contributed by atoms with van der Waals surface area (Å²) in [4.78, 5) is 6.93. The highest BCUT2D eigenvalue weighted by molar-refractivity contribution is 7.89. The van der Waals surface area contributed by atoms with Crippen LogP contribution in [0.4, 0.5) is 0 Å². The molecule has 1 saturated heterocycles. The van der Waals surface area contributed by atoms with E-state index in [1.807, 2.05) is 10.6 Å². The number of ether oxygens (including phenoxy) is 1. The first-order valence-corrected chi connectivity index (χ1v) is 15.9. The van der Waals surface area contributed by atoms with Crippen LogP contribution >= 0.6 is 0 Å². The first-order valence-electron chi connectivity index (χ1n) is 14.5. The van der Waals surface area contributed by atoms with Crippen molar-refractivity contribution in [3.05, 3.63) is 83.3 Å². The lowest BCUT2D eigenvalue weighted by Gasteiger charge is -2.56. The maximum Gasteiger partial charge on any atom is 0.260 e. The summed E-state index contributed by atoms with van der Waals surface area (Å²) in [6.45, 7) is 7.26. The van der Waals surface area contributed by atoms with Gasteiger partial charge in [-0.25, -0.2) is 13.4 Å². The van der Waals surface area contributed by atoms with Crippen LogP contribution in [0.1, 0.15) is 47.7 Å². The molecule has 7 nitrogen and oxygen atoms in total. The second kappa shape index (κ2) is 11.2. The van der Waals surface area contributed by atoms with E-state index in [-0.39, 0.29) is 18.0 Å². The fourth-order valence-corrected chi connectivity index (χ4v) is 8.39. The van der Waals surface area contributed by atoms with Crippen molar-refractivity contribution in [2.45, 2.75) is 69.1 Å². The van der Waals surface area contributed by atoms with E-state index in [4.69, 9.17) is 4.74 Å². The Kier molecular flexibility index (Phi) is 7.70. The Hall–Kier alpha value is -2.78. The van der Waals surface area contributed by atoms with Gasteiger partial charge < -0.3 is 9.30 Å². The maximum absolute atomic E-state index is 14.1. The molecule has 3 aliphatic rings. The van der Waals surface area contributed by atoms with E-state index in [9.17, 15) is 8.42 Å². The number of nitrogens with zero attached hydrogens (tertiary/aromatic N) is 4. The zero-order valence-corrected chi connectivity index (χ0v) is 24.6. The van der Waals surface area contributed by atoms with Crippen molar-refractivity contribution in [3.63, 3.8) is 0 Å². The average molecular weight is 561 g/mol. The highest BCUT2D eigenvalue weighted by Gasteiger charge is 2.50. The van der Waals surface area contributed by atoms with Crippen molar-refractivity contribution in [1.29, 1.82) is 0 Å². The summed E-state index contributed by atoms with van der Waals surface area (Å²) in [6.07, 6.45) is 9.67. The van der Waals surface area contributed by atoms with Crippen LogP contribution in [0.3, 0.4) is 0 Å². The molecule has 0 aliphatic carbocycles. The third-order valence-electron chi connectivity index (χ3n) is 9.20. The lowest BCUT2D eigenvalue weighted by atomic mass is 9.74. The molecule has 6 rings (SSSR count). The molecule has 3 aromatic rings. The van der Waals surface area contributed by atoms with Gasteiger partial charge in [0.05, 0.1) is 12.8 Å². The Morgan fingerprint density at radius 2 is 1.80 bits per heavy atom. The van der Waals surface area contributed by atoms with E-state index in [1.54, 1.807) is 17.6 Å². The summed E-state index contributed by atoms with van der Waals surface area (Å²) in [7, 11) is -1.95. The summed E-state index contributed by atoms with van der Waals surface area (Å²) >= 11 is 0.